The van der Waals surface area contributed by atoms with Crippen LogP contribution in [0, 0.1) is 17.3 Å². The van der Waals surface area contributed by atoms with Gasteiger partial charge < -0.3 is 35.8 Å². The van der Waals surface area contributed by atoms with E-state index in [2.05, 4.69) is 42.0 Å². The van der Waals surface area contributed by atoms with Crippen LogP contribution in [0.3, 0.4) is 0 Å². The molecule has 3 rings (SSSR count). The van der Waals surface area contributed by atoms with E-state index in [4.69, 9.17) is 4.74 Å². The Morgan fingerprint density at radius 2 is 1.46 bits per heavy atom. The zero-order valence-electron chi connectivity index (χ0n) is 36.5. The summed E-state index contributed by atoms with van der Waals surface area (Å²) in [6, 6.07) is 7.04. The first kappa shape index (κ1) is 50.5. The lowest BCUT2D eigenvalue weighted by Crippen LogP contribution is -2.55. The normalized spacial score (nSPS) is 17.1. The molecule has 1 saturated heterocycles. The van der Waals surface area contributed by atoms with Crippen LogP contribution in [0.2, 0.25) is 0 Å². The third-order valence-corrected chi connectivity index (χ3v) is 9.98. The van der Waals surface area contributed by atoms with Crippen LogP contribution < -0.4 is 21.3 Å². The average molecular weight is 801 g/mol. The number of amides is 6. The second kappa shape index (κ2) is 25.0. The van der Waals surface area contributed by atoms with E-state index in [0.717, 1.165) is 17.9 Å². The van der Waals surface area contributed by atoms with Crippen LogP contribution in [0.1, 0.15) is 132 Å². The molecule has 1 aromatic carbocycles. The highest BCUT2D eigenvalue weighted by Crippen LogP contribution is 2.37. The maximum atomic E-state index is 13.3. The van der Waals surface area contributed by atoms with Crippen molar-refractivity contribution in [3.8, 4) is 0 Å². The molecule has 2 fully saturated rings. The number of rotatable bonds is 14. The van der Waals surface area contributed by atoms with E-state index in [1.807, 2.05) is 51.1 Å². The van der Waals surface area contributed by atoms with Gasteiger partial charge in [0.2, 0.25) is 29.9 Å². The van der Waals surface area contributed by atoms with Gasteiger partial charge in [-0.15, -0.1) is 0 Å². The number of benzene rings is 1. The molecule has 0 bridgehead atoms. The maximum Gasteiger partial charge on any atom is 0.408 e. The minimum absolute atomic E-state index is 0.0152. The van der Waals surface area contributed by atoms with Gasteiger partial charge in [-0.1, -0.05) is 90.6 Å². The summed E-state index contributed by atoms with van der Waals surface area (Å²) in [7, 11) is 3.38. The number of hydrogen-bond donors (Lipinski definition) is 4. The molecule has 1 aromatic rings. The number of nitrogens with one attached hydrogen (secondary N) is 4. The van der Waals surface area contributed by atoms with Crippen molar-refractivity contribution in [2.45, 2.75) is 144 Å². The summed E-state index contributed by atoms with van der Waals surface area (Å²) in [6.45, 7) is 17.4. The predicted octanol–water partition coefficient (Wildman–Crippen LogP) is 5.30. The Bertz CT molecular complexity index is 1430. The van der Waals surface area contributed by atoms with Gasteiger partial charge in [0, 0.05) is 20.6 Å². The molecule has 1 aliphatic heterocycles. The van der Waals surface area contributed by atoms with Crippen molar-refractivity contribution in [1.29, 1.82) is 0 Å². The zero-order chi connectivity index (χ0) is 43.3. The molecule has 1 saturated carbocycles. The number of carbonyl (C=O) groups is 7. The number of alkyl carbamates (subject to hydrolysis) is 1. The number of hydrogen-bond acceptors (Lipinski definition) is 8. The molecule has 1 heterocycles. The van der Waals surface area contributed by atoms with E-state index in [-0.39, 0.29) is 24.9 Å². The van der Waals surface area contributed by atoms with Crippen LogP contribution in [-0.4, -0.2) is 103 Å². The van der Waals surface area contributed by atoms with E-state index in [1.165, 1.54) is 41.9 Å². The number of likely N-dealkylation sites (tertiary alicyclic amines) is 1. The monoisotopic (exact) mass is 801 g/mol. The van der Waals surface area contributed by atoms with Crippen LogP contribution in [0.5, 0.6) is 0 Å². The molecule has 6 amide bonds. The Kier molecular flexibility index (Phi) is 22.2. The molecule has 14 nitrogen and oxygen atoms in total. The van der Waals surface area contributed by atoms with E-state index in [1.54, 1.807) is 34.9 Å². The fourth-order valence-electron chi connectivity index (χ4n) is 6.46. The van der Waals surface area contributed by atoms with Gasteiger partial charge in [0.05, 0.1) is 18.6 Å². The van der Waals surface area contributed by atoms with E-state index in [9.17, 15) is 33.6 Å². The van der Waals surface area contributed by atoms with Gasteiger partial charge in [-0.2, -0.15) is 0 Å². The standard InChI is InChI=1S/C30H45N5O7.C10H20.C3H7NO/c1-7-19(2)16-22(26(38)28(40)31-17-24(36)33-20(3)21-12-9-8-10-13-21)34-27(39)23-14-11-15-35(23)25(37)18-32-29(41)42-30(4,5)6;1-10(2,3)9-7-5-4-6-8-9;1-4(2)3-5/h8-10,12-13,19-20,22-23H,7,11,14-18H2,1-6H3,(H,31,40)(H,32,41)(H,33,36)(H,34,39);9H,4-8H2,1-3H3;3H,1-2H3. The molecule has 0 radical (unpaired) electrons. The van der Waals surface area contributed by atoms with Crippen molar-refractivity contribution in [3.63, 3.8) is 0 Å². The highest BCUT2D eigenvalue weighted by atomic mass is 16.6. The second-order valence-electron chi connectivity index (χ2n) is 17.4. The Morgan fingerprint density at radius 1 is 0.860 bits per heavy atom. The van der Waals surface area contributed by atoms with E-state index >= 15 is 0 Å². The van der Waals surface area contributed by atoms with Crippen LogP contribution in [0.25, 0.3) is 0 Å². The summed E-state index contributed by atoms with van der Waals surface area (Å²) in [4.78, 5) is 88.4. The van der Waals surface area contributed by atoms with Gasteiger partial charge in [0.1, 0.15) is 18.2 Å². The van der Waals surface area contributed by atoms with Crippen molar-refractivity contribution in [1.82, 2.24) is 31.1 Å². The van der Waals surface area contributed by atoms with E-state index < -0.39 is 59.7 Å². The Hall–Kier alpha value is -4.49. The molecule has 57 heavy (non-hydrogen) atoms. The van der Waals surface area contributed by atoms with Crippen LogP contribution in [-0.2, 0) is 33.5 Å². The summed E-state index contributed by atoms with van der Waals surface area (Å²) in [6.07, 6.45) is 9.25. The van der Waals surface area contributed by atoms with Crippen molar-refractivity contribution < 1.29 is 38.3 Å². The van der Waals surface area contributed by atoms with Gasteiger partial charge in [0.25, 0.3) is 5.91 Å². The molecule has 0 aromatic heterocycles. The van der Waals surface area contributed by atoms with Crippen LogP contribution >= 0.6 is 0 Å². The van der Waals surface area contributed by atoms with Gasteiger partial charge in [0.15, 0.2) is 0 Å². The molecule has 4 atom stereocenters. The van der Waals surface area contributed by atoms with Crippen molar-refractivity contribution in [2.24, 2.45) is 17.3 Å². The maximum absolute atomic E-state index is 13.3. The molecule has 2 aliphatic rings. The summed E-state index contributed by atoms with van der Waals surface area (Å²) in [5, 5.41) is 10.2. The summed E-state index contributed by atoms with van der Waals surface area (Å²) >= 11 is 0. The molecule has 4 N–H and O–H groups in total. The van der Waals surface area contributed by atoms with Gasteiger partial charge in [-0.3, -0.25) is 28.8 Å². The number of nitrogens with zero attached hydrogens (tertiary/aromatic N) is 2. The summed E-state index contributed by atoms with van der Waals surface area (Å²) in [5.74, 6) is -2.31. The van der Waals surface area contributed by atoms with Gasteiger partial charge in [-0.25, -0.2) is 4.79 Å². The van der Waals surface area contributed by atoms with Crippen LogP contribution in [0.4, 0.5) is 4.79 Å². The number of ketones is 1. The van der Waals surface area contributed by atoms with Crippen LogP contribution in [0.15, 0.2) is 30.3 Å². The molecule has 0 spiro atoms. The molecular weight excluding hydrogens is 729 g/mol. The lowest BCUT2D eigenvalue weighted by Gasteiger charge is -2.33. The van der Waals surface area contributed by atoms with Crippen molar-refractivity contribution >= 4 is 41.9 Å². The third kappa shape index (κ3) is 20.5. The van der Waals surface area contributed by atoms with Crippen molar-refractivity contribution in [3.05, 3.63) is 35.9 Å². The first-order valence-corrected chi connectivity index (χ1v) is 20.4. The summed E-state index contributed by atoms with van der Waals surface area (Å²) in [5.41, 5.74) is 0.738. The minimum Gasteiger partial charge on any atom is -0.444 e. The second-order valence-corrected chi connectivity index (χ2v) is 17.4. The average Bonchev–Trinajstić information content (AvgIpc) is 3.66. The quantitative estimate of drug-likeness (QED) is 0.144. The minimum atomic E-state index is -1.13. The largest absolute Gasteiger partial charge is 0.444 e. The SMILES string of the molecule is CC(C)(C)C1CCCCC1.CCC(C)CC(NC(=O)C1CCCN1C(=O)CNC(=O)OC(C)(C)C)C(=O)C(=O)NCC(=O)NC(C)c1ccccc1.CN(C)C=O. The van der Waals surface area contributed by atoms with E-state index in [0.29, 0.717) is 31.2 Å². The number of Topliss-reactive ketones (excluding diaryl/α,β-unsaturated/α-hetero) is 1. The number of ether oxygens (including phenoxy) is 1. The smallest absolute Gasteiger partial charge is 0.408 e. The Balaban J connectivity index is 0.000000900. The fraction of sp³-hybridized carbons (Fsp3) is 0.698. The zero-order valence-corrected chi connectivity index (χ0v) is 36.5. The highest BCUT2D eigenvalue weighted by Gasteiger charge is 2.37. The lowest BCUT2D eigenvalue weighted by atomic mass is 9.72. The molecular formula is C43H72N6O8. The molecule has 322 valence electrons. The Labute approximate surface area is 341 Å². The lowest BCUT2D eigenvalue weighted by molar-refractivity contribution is -0.142. The molecule has 4 unspecified atom stereocenters. The predicted molar refractivity (Wildman–Crippen MR) is 222 cm³/mol. The third-order valence-electron chi connectivity index (χ3n) is 9.98. The van der Waals surface area contributed by atoms with Gasteiger partial charge in [-0.05, 0) is 82.6 Å². The number of carbonyl (C=O) groups excluding carboxylic acids is 7. The topological polar surface area (TPSA) is 183 Å². The fourth-order valence-corrected chi connectivity index (χ4v) is 6.46. The van der Waals surface area contributed by atoms with Crippen molar-refractivity contribution in [2.75, 3.05) is 33.7 Å². The highest BCUT2D eigenvalue weighted by molar-refractivity contribution is 6.38. The summed E-state index contributed by atoms with van der Waals surface area (Å²) < 4.78 is 5.15. The molecule has 14 heteroatoms. The first-order valence-electron chi connectivity index (χ1n) is 20.4. The molecule has 1 aliphatic carbocycles. The van der Waals surface area contributed by atoms with Gasteiger partial charge >= 0.3 is 6.09 Å². The Morgan fingerprint density at radius 3 is 1.96 bits per heavy atom. The first-order chi connectivity index (χ1) is 26.6.